The number of carbonyl (C=O) groups excluding carboxylic acids is 1. The number of piperidine rings is 1. The molecule has 0 bridgehead atoms. The number of likely N-dealkylation sites (tertiary alicyclic amines) is 1. The molecule has 8 heteroatoms. The molecule has 0 unspecified atom stereocenters. The topological polar surface area (TPSA) is 88.8 Å². The van der Waals surface area contributed by atoms with Crippen LogP contribution in [0.1, 0.15) is 12.8 Å². The third-order valence-electron chi connectivity index (χ3n) is 3.54. The Morgan fingerprint density at radius 3 is 3.14 bits per heavy atom. The van der Waals surface area contributed by atoms with Crippen LogP contribution in [0.15, 0.2) is 31.0 Å². The molecule has 0 radical (unpaired) electrons. The van der Waals surface area contributed by atoms with E-state index in [0.29, 0.717) is 11.7 Å². The zero-order valence-electron chi connectivity index (χ0n) is 11.6. The van der Waals surface area contributed by atoms with Crippen molar-refractivity contribution in [2.45, 2.75) is 19.4 Å². The predicted octanol–water partition coefficient (Wildman–Crippen LogP) is 1.01. The number of hydrogen-bond donors (Lipinski definition) is 1. The van der Waals surface area contributed by atoms with Crippen molar-refractivity contribution in [1.82, 2.24) is 29.9 Å². The molecule has 110 valence electrons. The first kappa shape index (κ1) is 13.5. The second-order valence-electron chi connectivity index (χ2n) is 5.10. The summed E-state index contributed by atoms with van der Waals surface area (Å²) in [4.78, 5) is 21.9. The van der Waals surface area contributed by atoms with E-state index in [9.17, 15) is 4.79 Å². The molecule has 3 rings (SSSR count). The largest absolute Gasteiger partial charge is 0.324 e. The molecule has 21 heavy (non-hydrogen) atoms. The van der Waals surface area contributed by atoms with Crippen LogP contribution in [0.5, 0.6) is 0 Å². The van der Waals surface area contributed by atoms with Crippen LogP contribution >= 0.6 is 0 Å². The smallest absolute Gasteiger partial charge is 0.323 e. The lowest BCUT2D eigenvalue weighted by molar-refractivity contribution is 0.168. The van der Waals surface area contributed by atoms with E-state index >= 15 is 0 Å². The maximum atomic E-state index is 12.2. The van der Waals surface area contributed by atoms with Crippen LogP contribution in [0.4, 0.5) is 10.6 Å². The van der Waals surface area contributed by atoms with Gasteiger partial charge in [0.2, 0.25) is 0 Å². The van der Waals surface area contributed by atoms with Gasteiger partial charge in [-0.05, 0) is 24.8 Å². The maximum absolute atomic E-state index is 12.2. The van der Waals surface area contributed by atoms with Gasteiger partial charge in [0, 0.05) is 32.0 Å². The molecule has 0 spiro atoms. The summed E-state index contributed by atoms with van der Waals surface area (Å²) in [5, 5.41) is 10.6. The highest BCUT2D eigenvalue weighted by Crippen LogP contribution is 2.18. The highest BCUT2D eigenvalue weighted by molar-refractivity contribution is 5.88. The third kappa shape index (κ3) is 3.53. The van der Waals surface area contributed by atoms with Crippen molar-refractivity contribution in [3.05, 3.63) is 31.0 Å². The van der Waals surface area contributed by atoms with E-state index in [-0.39, 0.29) is 6.03 Å². The van der Waals surface area contributed by atoms with Gasteiger partial charge in [0.25, 0.3) is 0 Å². The van der Waals surface area contributed by atoms with Crippen molar-refractivity contribution >= 4 is 11.8 Å². The first-order valence-corrected chi connectivity index (χ1v) is 6.97. The number of carbonyl (C=O) groups is 1. The van der Waals surface area contributed by atoms with Crippen molar-refractivity contribution in [1.29, 1.82) is 0 Å². The standard InChI is InChI=1S/C13H17N7O/c21-13(17-12-3-4-14-10-15-12)19-6-1-2-11(8-19)9-20-7-5-16-18-20/h3-5,7,10-11H,1-2,6,8-9H2,(H,14,15,17,21)/t11-/m1/s1. The molecular weight excluding hydrogens is 270 g/mol. The number of nitrogens with zero attached hydrogens (tertiary/aromatic N) is 6. The minimum atomic E-state index is -0.114. The van der Waals surface area contributed by atoms with Crippen LogP contribution in [0.25, 0.3) is 0 Å². The Labute approximate surface area is 122 Å². The molecule has 1 atom stereocenters. The monoisotopic (exact) mass is 287 g/mol. The minimum absolute atomic E-state index is 0.114. The Hall–Kier alpha value is -2.51. The average molecular weight is 287 g/mol. The molecule has 8 nitrogen and oxygen atoms in total. The van der Waals surface area contributed by atoms with Gasteiger partial charge in [-0.2, -0.15) is 0 Å². The normalized spacial score (nSPS) is 18.5. The van der Waals surface area contributed by atoms with E-state index in [2.05, 4.69) is 25.6 Å². The van der Waals surface area contributed by atoms with E-state index < -0.39 is 0 Å². The predicted molar refractivity (Wildman–Crippen MR) is 75.4 cm³/mol. The molecule has 1 saturated heterocycles. The number of nitrogens with one attached hydrogen (secondary N) is 1. The fourth-order valence-corrected chi connectivity index (χ4v) is 2.55. The van der Waals surface area contributed by atoms with E-state index in [0.717, 1.165) is 32.5 Å². The summed E-state index contributed by atoms with van der Waals surface area (Å²) in [5.41, 5.74) is 0. The van der Waals surface area contributed by atoms with Gasteiger partial charge in [0.15, 0.2) is 0 Å². The SMILES string of the molecule is O=C(Nc1ccncn1)N1CCC[C@@H](Cn2ccnn2)C1. The first-order valence-electron chi connectivity index (χ1n) is 6.97. The molecular formula is C13H17N7O. The third-order valence-corrected chi connectivity index (χ3v) is 3.54. The number of hydrogen-bond acceptors (Lipinski definition) is 5. The van der Waals surface area contributed by atoms with E-state index in [1.807, 2.05) is 15.8 Å². The highest BCUT2D eigenvalue weighted by atomic mass is 16.2. The number of amides is 2. The number of anilines is 1. The molecule has 0 saturated carbocycles. The van der Waals surface area contributed by atoms with Gasteiger partial charge >= 0.3 is 6.03 Å². The van der Waals surface area contributed by atoms with Gasteiger partial charge in [-0.1, -0.05) is 5.21 Å². The second kappa shape index (κ2) is 6.29. The molecule has 3 heterocycles. The summed E-state index contributed by atoms with van der Waals surface area (Å²) in [6, 6.07) is 1.56. The Balaban J connectivity index is 1.56. The van der Waals surface area contributed by atoms with Crippen LogP contribution in [0, 0.1) is 5.92 Å². The Morgan fingerprint density at radius 2 is 2.38 bits per heavy atom. The Kier molecular flexibility index (Phi) is 4.04. The van der Waals surface area contributed by atoms with Gasteiger partial charge in [-0.25, -0.2) is 14.8 Å². The fraction of sp³-hybridized carbons (Fsp3) is 0.462. The number of urea groups is 1. The minimum Gasteiger partial charge on any atom is -0.324 e. The van der Waals surface area contributed by atoms with Crippen molar-refractivity contribution in [2.75, 3.05) is 18.4 Å². The van der Waals surface area contributed by atoms with Crippen molar-refractivity contribution < 1.29 is 4.79 Å². The number of rotatable bonds is 3. The van der Waals surface area contributed by atoms with Gasteiger partial charge in [-0.15, -0.1) is 5.10 Å². The average Bonchev–Trinajstić information content (AvgIpc) is 3.01. The van der Waals surface area contributed by atoms with Gasteiger partial charge < -0.3 is 4.90 Å². The van der Waals surface area contributed by atoms with Crippen LogP contribution in [-0.2, 0) is 6.54 Å². The summed E-state index contributed by atoms with van der Waals surface area (Å²) in [6.45, 7) is 2.28. The Morgan fingerprint density at radius 1 is 1.43 bits per heavy atom. The lowest BCUT2D eigenvalue weighted by Gasteiger charge is -2.32. The Bertz CT molecular complexity index is 571. The summed E-state index contributed by atoms with van der Waals surface area (Å²) in [5.74, 6) is 0.921. The van der Waals surface area contributed by atoms with Gasteiger partial charge in [0.1, 0.15) is 12.1 Å². The summed E-state index contributed by atoms with van der Waals surface area (Å²) < 4.78 is 1.82. The lowest BCUT2D eigenvalue weighted by atomic mass is 9.98. The van der Waals surface area contributed by atoms with Gasteiger partial charge in [0.05, 0.1) is 6.20 Å². The first-order chi connectivity index (χ1) is 10.3. The maximum Gasteiger partial charge on any atom is 0.323 e. The van der Waals surface area contributed by atoms with E-state index in [1.54, 1.807) is 18.5 Å². The van der Waals surface area contributed by atoms with E-state index in [4.69, 9.17) is 0 Å². The summed E-state index contributed by atoms with van der Waals surface area (Å²) >= 11 is 0. The summed E-state index contributed by atoms with van der Waals surface area (Å²) in [7, 11) is 0. The van der Waals surface area contributed by atoms with Crippen LogP contribution < -0.4 is 5.32 Å². The highest BCUT2D eigenvalue weighted by Gasteiger charge is 2.24. The molecule has 2 aromatic heterocycles. The number of aromatic nitrogens is 5. The molecule has 1 N–H and O–H groups in total. The molecule has 2 aromatic rings. The summed E-state index contributed by atoms with van der Waals surface area (Å²) in [6.07, 6.45) is 8.63. The van der Waals surface area contributed by atoms with Crippen molar-refractivity contribution in [3.63, 3.8) is 0 Å². The molecule has 1 fully saturated rings. The van der Waals surface area contributed by atoms with Crippen LogP contribution in [0.2, 0.25) is 0 Å². The second-order valence-corrected chi connectivity index (χ2v) is 5.10. The zero-order valence-corrected chi connectivity index (χ0v) is 11.6. The molecule has 1 aliphatic heterocycles. The van der Waals surface area contributed by atoms with Crippen LogP contribution in [0.3, 0.4) is 0 Å². The fourth-order valence-electron chi connectivity index (χ4n) is 2.55. The molecule has 0 aliphatic carbocycles. The van der Waals surface area contributed by atoms with Gasteiger partial charge in [-0.3, -0.25) is 10.00 Å². The molecule has 0 aromatic carbocycles. The van der Waals surface area contributed by atoms with E-state index in [1.165, 1.54) is 6.33 Å². The molecule has 1 aliphatic rings. The van der Waals surface area contributed by atoms with Crippen molar-refractivity contribution in [3.8, 4) is 0 Å². The lowest BCUT2D eigenvalue weighted by Crippen LogP contribution is -2.43. The quantitative estimate of drug-likeness (QED) is 0.910. The van der Waals surface area contributed by atoms with Crippen molar-refractivity contribution in [2.24, 2.45) is 5.92 Å². The van der Waals surface area contributed by atoms with Crippen LogP contribution in [-0.4, -0.2) is 49.0 Å². The zero-order chi connectivity index (χ0) is 14.5. The molecule has 2 amide bonds.